The Morgan fingerprint density at radius 3 is 2.61 bits per heavy atom. The number of nitrogens with zero attached hydrogens (tertiary/aromatic N) is 1. The van der Waals surface area contributed by atoms with E-state index in [0.29, 0.717) is 35.2 Å². The average Bonchev–Trinajstić information content (AvgIpc) is 2.99. The summed E-state index contributed by atoms with van der Waals surface area (Å²) in [6, 6.07) is 11.8. The topological polar surface area (TPSA) is 80.0 Å². The number of amides is 1. The summed E-state index contributed by atoms with van der Waals surface area (Å²) in [5.41, 5.74) is 1.27. The molecule has 4 rings (SSSR count). The molecule has 1 aromatic heterocycles. The molecule has 0 saturated carbocycles. The van der Waals surface area contributed by atoms with Crippen molar-refractivity contribution in [3.8, 4) is 5.75 Å². The summed E-state index contributed by atoms with van der Waals surface area (Å²) in [6.45, 7) is 0.265. The van der Waals surface area contributed by atoms with E-state index in [0.717, 1.165) is 10.0 Å². The summed E-state index contributed by atoms with van der Waals surface area (Å²) in [4.78, 5) is 27.9. The number of aliphatic hydroxyl groups excluding tert-OH is 1. The van der Waals surface area contributed by atoms with Gasteiger partial charge >= 0.3 is 0 Å². The van der Waals surface area contributed by atoms with Crippen molar-refractivity contribution in [2.45, 2.75) is 12.5 Å². The lowest BCUT2D eigenvalue weighted by molar-refractivity contribution is 0.0716. The quantitative estimate of drug-likeness (QED) is 0.652. The lowest BCUT2D eigenvalue weighted by atomic mass is 9.98. The number of ether oxygens (including phenoxy) is 1. The molecular weight excluding hydrogens is 426 g/mol. The number of fused-ring (bicyclic) bond motifs is 2. The van der Waals surface area contributed by atoms with Crippen LogP contribution in [0, 0.1) is 0 Å². The second-order valence-corrected chi connectivity index (χ2v) is 7.48. The third-order valence-electron chi connectivity index (χ3n) is 4.92. The van der Waals surface area contributed by atoms with Gasteiger partial charge in [0.1, 0.15) is 11.3 Å². The highest BCUT2D eigenvalue weighted by Crippen LogP contribution is 2.38. The van der Waals surface area contributed by atoms with Crippen LogP contribution in [0.1, 0.15) is 34.1 Å². The number of hydrogen-bond acceptors (Lipinski definition) is 5. The van der Waals surface area contributed by atoms with Gasteiger partial charge in [-0.3, -0.25) is 9.59 Å². The van der Waals surface area contributed by atoms with E-state index in [1.807, 2.05) is 12.1 Å². The first-order valence-corrected chi connectivity index (χ1v) is 9.66. The average molecular weight is 444 g/mol. The Bertz CT molecular complexity index is 1110. The fourth-order valence-electron chi connectivity index (χ4n) is 3.60. The summed E-state index contributed by atoms with van der Waals surface area (Å²) in [6.07, 6.45) is 0.408. The van der Waals surface area contributed by atoms with Crippen LogP contribution in [0.3, 0.4) is 0 Å². The van der Waals surface area contributed by atoms with Gasteiger partial charge in [0.15, 0.2) is 5.43 Å². The molecule has 0 radical (unpaired) electrons. The third-order valence-corrected chi connectivity index (χ3v) is 5.41. The Hall–Kier alpha value is -2.64. The molecule has 2 heterocycles. The zero-order valence-electron chi connectivity index (χ0n) is 15.1. The standard InChI is InChI=1S/C21H18BrNO5/c1-27-14-6-3-12(4-7-14)18-17-19(25)15-11-13(22)5-8-16(15)28-20(17)21(26)23(18)9-2-10-24/h3-8,11,18,24H,2,9-10H2,1H3/t18-/m1/s1. The number of benzene rings is 2. The molecule has 144 valence electrons. The highest BCUT2D eigenvalue weighted by molar-refractivity contribution is 9.10. The van der Waals surface area contributed by atoms with Gasteiger partial charge in [-0.05, 0) is 42.3 Å². The summed E-state index contributed by atoms with van der Waals surface area (Å²) in [5, 5.41) is 9.67. The number of carbonyl (C=O) groups excluding carboxylic acids is 1. The van der Waals surface area contributed by atoms with Crippen LogP contribution < -0.4 is 10.2 Å². The third kappa shape index (κ3) is 3.00. The van der Waals surface area contributed by atoms with Crippen molar-refractivity contribution in [3.63, 3.8) is 0 Å². The predicted molar refractivity (Wildman–Crippen MR) is 108 cm³/mol. The van der Waals surface area contributed by atoms with E-state index in [9.17, 15) is 14.7 Å². The molecule has 28 heavy (non-hydrogen) atoms. The maximum atomic E-state index is 13.3. The molecule has 1 atom stereocenters. The molecule has 0 bridgehead atoms. The van der Waals surface area contributed by atoms with Crippen LogP contribution >= 0.6 is 15.9 Å². The maximum absolute atomic E-state index is 13.3. The van der Waals surface area contributed by atoms with Crippen LogP contribution in [0.25, 0.3) is 11.0 Å². The molecule has 1 aliphatic heterocycles. The van der Waals surface area contributed by atoms with Crippen molar-refractivity contribution in [1.29, 1.82) is 0 Å². The summed E-state index contributed by atoms with van der Waals surface area (Å²) < 4.78 is 11.8. The predicted octanol–water partition coefficient (Wildman–Crippen LogP) is 3.49. The van der Waals surface area contributed by atoms with Gasteiger partial charge in [0, 0.05) is 17.6 Å². The summed E-state index contributed by atoms with van der Waals surface area (Å²) in [7, 11) is 1.58. The molecule has 0 spiro atoms. The van der Waals surface area contributed by atoms with E-state index < -0.39 is 6.04 Å². The number of aliphatic hydroxyl groups is 1. The molecule has 0 fully saturated rings. The Morgan fingerprint density at radius 2 is 1.93 bits per heavy atom. The zero-order valence-corrected chi connectivity index (χ0v) is 16.7. The lowest BCUT2D eigenvalue weighted by Crippen LogP contribution is -2.31. The van der Waals surface area contributed by atoms with Crippen LogP contribution in [0.5, 0.6) is 5.75 Å². The minimum absolute atomic E-state index is 0.0498. The fraction of sp³-hybridized carbons (Fsp3) is 0.238. The van der Waals surface area contributed by atoms with E-state index in [2.05, 4.69) is 15.9 Å². The fourth-order valence-corrected chi connectivity index (χ4v) is 3.96. The largest absolute Gasteiger partial charge is 0.497 e. The van der Waals surface area contributed by atoms with E-state index in [-0.39, 0.29) is 23.7 Å². The van der Waals surface area contributed by atoms with Gasteiger partial charge in [-0.15, -0.1) is 0 Å². The monoisotopic (exact) mass is 443 g/mol. The zero-order chi connectivity index (χ0) is 19.8. The number of halogens is 1. The smallest absolute Gasteiger partial charge is 0.290 e. The molecule has 6 nitrogen and oxygen atoms in total. The second-order valence-electron chi connectivity index (χ2n) is 6.57. The molecular formula is C21H18BrNO5. The van der Waals surface area contributed by atoms with E-state index in [1.165, 1.54) is 0 Å². The van der Waals surface area contributed by atoms with Gasteiger partial charge < -0.3 is 19.2 Å². The minimum atomic E-state index is -0.570. The highest BCUT2D eigenvalue weighted by Gasteiger charge is 2.42. The van der Waals surface area contributed by atoms with E-state index >= 15 is 0 Å². The van der Waals surface area contributed by atoms with Crippen LogP contribution in [0.2, 0.25) is 0 Å². The first-order valence-electron chi connectivity index (χ1n) is 8.87. The summed E-state index contributed by atoms with van der Waals surface area (Å²) in [5.74, 6) is 0.412. The molecule has 1 aliphatic rings. The minimum Gasteiger partial charge on any atom is -0.497 e. The van der Waals surface area contributed by atoms with Crippen LogP contribution in [-0.2, 0) is 0 Å². The molecule has 3 aromatic rings. The Morgan fingerprint density at radius 1 is 1.18 bits per heavy atom. The first kappa shape index (κ1) is 18.7. The van der Waals surface area contributed by atoms with Crippen molar-refractivity contribution in [2.75, 3.05) is 20.3 Å². The van der Waals surface area contributed by atoms with Gasteiger partial charge in [0.25, 0.3) is 5.91 Å². The second kappa shape index (κ2) is 7.41. The Labute approximate surface area is 169 Å². The van der Waals surface area contributed by atoms with E-state index in [4.69, 9.17) is 9.15 Å². The van der Waals surface area contributed by atoms with Gasteiger partial charge in [-0.2, -0.15) is 0 Å². The normalized spacial score (nSPS) is 15.9. The van der Waals surface area contributed by atoms with Crippen molar-refractivity contribution >= 4 is 32.8 Å². The van der Waals surface area contributed by atoms with Crippen LogP contribution in [0.15, 0.2) is 56.1 Å². The van der Waals surface area contributed by atoms with Gasteiger partial charge in [-0.25, -0.2) is 0 Å². The molecule has 7 heteroatoms. The van der Waals surface area contributed by atoms with E-state index in [1.54, 1.807) is 42.3 Å². The Kier molecular flexibility index (Phi) is 4.95. The van der Waals surface area contributed by atoms with Crippen LogP contribution in [-0.4, -0.2) is 36.2 Å². The lowest BCUT2D eigenvalue weighted by Gasteiger charge is -2.25. The van der Waals surface area contributed by atoms with Crippen molar-refractivity contribution < 1.29 is 19.1 Å². The summed E-state index contributed by atoms with van der Waals surface area (Å²) >= 11 is 3.38. The first-order chi connectivity index (χ1) is 13.5. The highest BCUT2D eigenvalue weighted by atomic mass is 79.9. The molecule has 0 aliphatic carbocycles. The van der Waals surface area contributed by atoms with Crippen molar-refractivity contribution in [1.82, 2.24) is 4.90 Å². The van der Waals surface area contributed by atoms with Gasteiger partial charge in [0.05, 0.1) is 24.1 Å². The molecule has 1 amide bonds. The van der Waals surface area contributed by atoms with Crippen molar-refractivity contribution in [3.05, 3.63) is 74.0 Å². The number of carbonyl (C=O) groups is 1. The Balaban J connectivity index is 1.94. The number of rotatable bonds is 5. The number of methoxy groups -OCH3 is 1. The molecule has 1 N–H and O–H groups in total. The van der Waals surface area contributed by atoms with Gasteiger partial charge in [0.2, 0.25) is 5.76 Å². The van der Waals surface area contributed by atoms with Crippen LogP contribution in [0.4, 0.5) is 0 Å². The van der Waals surface area contributed by atoms with Crippen molar-refractivity contribution in [2.24, 2.45) is 0 Å². The van der Waals surface area contributed by atoms with Gasteiger partial charge in [-0.1, -0.05) is 28.1 Å². The maximum Gasteiger partial charge on any atom is 0.290 e. The number of hydrogen-bond donors (Lipinski definition) is 1. The molecule has 2 aromatic carbocycles. The molecule has 0 unspecified atom stereocenters. The molecule has 0 saturated heterocycles. The SMILES string of the molecule is COc1ccc([C@@H]2c3c(oc4ccc(Br)cc4c3=O)C(=O)N2CCCO)cc1.